The molecule has 0 unspecified atom stereocenters. The van der Waals surface area contributed by atoms with E-state index in [-0.39, 0.29) is 11.9 Å². The summed E-state index contributed by atoms with van der Waals surface area (Å²) in [4.78, 5) is 0. The molecule has 0 aromatic heterocycles. The molecule has 3 heteroatoms. The van der Waals surface area contributed by atoms with Crippen LogP contribution < -0.4 is 0 Å². The van der Waals surface area contributed by atoms with Gasteiger partial charge in [-0.2, -0.15) is 5.26 Å². The Balaban J connectivity index is 2.49. The molecule has 1 aliphatic rings. The highest BCUT2D eigenvalue weighted by Crippen LogP contribution is 2.17. The van der Waals surface area contributed by atoms with Crippen molar-refractivity contribution in [2.45, 2.75) is 18.9 Å². The molecule has 0 aliphatic carbocycles. The van der Waals surface area contributed by atoms with Crippen LogP contribution in [0, 0.1) is 11.3 Å². The van der Waals surface area contributed by atoms with E-state index < -0.39 is 0 Å². The highest BCUT2D eigenvalue weighted by atomic mass is 16.5. The smallest absolute Gasteiger partial charge is 0.131 e. The molecule has 0 aromatic carbocycles. The van der Waals surface area contributed by atoms with Crippen molar-refractivity contribution >= 4 is 0 Å². The Bertz CT molecular complexity index is 175. The zero-order valence-corrected chi connectivity index (χ0v) is 5.58. The summed E-state index contributed by atoms with van der Waals surface area (Å²) >= 11 is 0. The van der Waals surface area contributed by atoms with Crippen molar-refractivity contribution in [3.63, 3.8) is 0 Å². The van der Waals surface area contributed by atoms with Crippen LogP contribution in [0.5, 0.6) is 0 Å². The number of nitriles is 1. The fourth-order valence-corrected chi connectivity index (χ4v) is 0.970. The molecule has 1 atom stereocenters. The minimum absolute atomic E-state index is 0.0556. The van der Waals surface area contributed by atoms with Crippen molar-refractivity contribution < 1.29 is 9.84 Å². The van der Waals surface area contributed by atoms with Gasteiger partial charge in [-0.3, -0.25) is 0 Å². The highest BCUT2D eigenvalue weighted by molar-refractivity contribution is 5.11. The topological polar surface area (TPSA) is 53.2 Å². The van der Waals surface area contributed by atoms with Crippen LogP contribution in [-0.4, -0.2) is 17.8 Å². The van der Waals surface area contributed by atoms with Crippen LogP contribution in [0.2, 0.25) is 0 Å². The van der Waals surface area contributed by atoms with Crippen molar-refractivity contribution in [3.8, 4) is 6.07 Å². The fraction of sp³-hybridized carbons (Fsp3) is 0.571. The zero-order chi connectivity index (χ0) is 7.40. The van der Waals surface area contributed by atoms with E-state index in [4.69, 9.17) is 15.1 Å². The van der Waals surface area contributed by atoms with Crippen molar-refractivity contribution in [2.24, 2.45) is 0 Å². The fourth-order valence-electron chi connectivity index (χ4n) is 0.970. The molecule has 1 heterocycles. The molecule has 10 heavy (non-hydrogen) atoms. The van der Waals surface area contributed by atoms with Gasteiger partial charge in [-0.15, -0.1) is 0 Å². The molecule has 0 saturated carbocycles. The van der Waals surface area contributed by atoms with E-state index in [0.29, 0.717) is 6.61 Å². The molecule has 0 radical (unpaired) electrons. The largest absolute Gasteiger partial charge is 0.509 e. The van der Waals surface area contributed by atoms with Crippen LogP contribution in [0.3, 0.4) is 0 Å². The number of rotatable bonds is 1. The Morgan fingerprint density at radius 1 is 1.80 bits per heavy atom. The van der Waals surface area contributed by atoms with Crippen molar-refractivity contribution in [1.82, 2.24) is 0 Å². The first-order valence-electron chi connectivity index (χ1n) is 3.25. The zero-order valence-electron chi connectivity index (χ0n) is 5.58. The Morgan fingerprint density at radius 2 is 2.60 bits per heavy atom. The van der Waals surface area contributed by atoms with Crippen LogP contribution in [-0.2, 0) is 4.74 Å². The van der Waals surface area contributed by atoms with Crippen LogP contribution >= 0.6 is 0 Å². The normalized spacial score (nSPS) is 26.3. The summed E-state index contributed by atoms with van der Waals surface area (Å²) in [7, 11) is 0. The van der Waals surface area contributed by atoms with Crippen LogP contribution in [0.1, 0.15) is 12.8 Å². The van der Waals surface area contributed by atoms with E-state index in [1.165, 1.54) is 0 Å². The molecule has 54 valence electrons. The predicted molar refractivity (Wildman–Crippen MR) is 35.3 cm³/mol. The first-order chi connectivity index (χ1) is 4.84. The third-order valence-corrected chi connectivity index (χ3v) is 1.47. The Kier molecular flexibility index (Phi) is 2.30. The predicted octanol–water partition coefficient (Wildman–Crippen LogP) is 1.13. The molecule has 0 aromatic rings. The van der Waals surface area contributed by atoms with Gasteiger partial charge in [0.25, 0.3) is 0 Å². The summed E-state index contributed by atoms with van der Waals surface area (Å²) in [5.74, 6) is 0.0556. The number of hydrogen-bond acceptors (Lipinski definition) is 3. The molecule has 1 rings (SSSR count). The summed E-state index contributed by atoms with van der Waals surface area (Å²) in [6, 6.07) is 1.75. The molecule has 0 bridgehead atoms. The van der Waals surface area contributed by atoms with Gasteiger partial charge in [0, 0.05) is 6.61 Å². The lowest BCUT2D eigenvalue weighted by atomic mass is 10.2. The number of allylic oxidation sites excluding steroid dienone is 1. The van der Waals surface area contributed by atoms with Gasteiger partial charge in [0.2, 0.25) is 0 Å². The van der Waals surface area contributed by atoms with E-state index in [0.717, 1.165) is 18.9 Å². The van der Waals surface area contributed by atoms with E-state index >= 15 is 0 Å². The third-order valence-electron chi connectivity index (χ3n) is 1.47. The molecular weight excluding hydrogens is 130 g/mol. The van der Waals surface area contributed by atoms with Gasteiger partial charge >= 0.3 is 0 Å². The van der Waals surface area contributed by atoms with Gasteiger partial charge in [-0.1, -0.05) is 0 Å². The van der Waals surface area contributed by atoms with Gasteiger partial charge in [-0.05, 0) is 12.8 Å². The van der Waals surface area contributed by atoms with Gasteiger partial charge in [0.05, 0.1) is 12.1 Å². The van der Waals surface area contributed by atoms with Gasteiger partial charge in [0.15, 0.2) is 0 Å². The summed E-state index contributed by atoms with van der Waals surface area (Å²) in [6.07, 6.45) is 2.69. The molecule has 0 spiro atoms. The second-order valence-corrected chi connectivity index (χ2v) is 2.20. The average molecular weight is 139 g/mol. The second kappa shape index (κ2) is 3.23. The number of hydrogen-bond donors (Lipinski definition) is 1. The lowest BCUT2D eigenvalue weighted by Crippen LogP contribution is -2.07. The number of aliphatic hydroxyl groups excluding tert-OH is 1. The summed E-state index contributed by atoms with van der Waals surface area (Å²) in [6.45, 7) is 0.688. The molecule has 1 saturated heterocycles. The highest BCUT2D eigenvalue weighted by Gasteiger charge is 2.18. The molecule has 3 nitrogen and oxygen atoms in total. The van der Waals surface area contributed by atoms with E-state index in [1.54, 1.807) is 6.07 Å². The van der Waals surface area contributed by atoms with E-state index in [1.807, 2.05) is 0 Å². The summed E-state index contributed by atoms with van der Waals surface area (Å²) in [5, 5.41) is 17.2. The SMILES string of the molecule is N#C/C=C(\O)[C@@H]1CCCO1. The van der Waals surface area contributed by atoms with Crippen LogP contribution in [0.4, 0.5) is 0 Å². The average Bonchev–Trinajstić information content (AvgIpc) is 2.38. The maximum absolute atomic E-state index is 9.06. The van der Waals surface area contributed by atoms with E-state index in [2.05, 4.69) is 0 Å². The van der Waals surface area contributed by atoms with Crippen LogP contribution in [0.25, 0.3) is 0 Å². The lowest BCUT2D eigenvalue weighted by molar-refractivity contribution is 0.102. The molecule has 1 N–H and O–H groups in total. The van der Waals surface area contributed by atoms with Crippen molar-refractivity contribution in [3.05, 3.63) is 11.8 Å². The molecule has 1 aliphatic heterocycles. The third kappa shape index (κ3) is 1.49. The maximum atomic E-state index is 9.06. The van der Waals surface area contributed by atoms with Crippen molar-refractivity contribution in [1.29, 1.82) is 5.26 Å². The number of nitrogens with zero attached hydrogens (tertiary/aromatic N) is 1. The lowest BCUT2D eigenvalue weighted by Gasteiger charge is -2.05. The molecular formula is C7H9NO2. The van der Waals surface area contributed by atoms with Gasteiger partial charge < -0.3 is 9.84 Å². The number of ether oxygens (including phenoxy) is 1. The standard InChI is InChI=1S/C7H9NO2/c8-4-3-6(9)7-2-1-5-10-7/h3,7,9H,1-2,5H2/b6-3-/t7-/m0/s1. The van der Waals surface area contributed by atoms with Gasteiger partial charge in [0.1, 0.15) is 11.9 Å². The summed E-state index contributed by atoms with van der Waals surface area (Å²) in [5.41, 5.74) is 0. The van der Waals surface area contributed by atoms with Gasteiger partial charge in [-0.25, -0.2) is 0 Å². The first kappa shape index (κ1) is 7.10. The maximum Gasteiger partial charge on any atom is 0.131 e. The van der Waals surface area contributed by atoms with Crippen LogP contribution in [0.15, 0.2) is 11.8 Å². The minimum atomic E-state index is -0.223. The second-order valence-electron chi connectivity index (χ2n) is 2.20. The Morgan fingerprint density at radius 3 is 3.10 bits per heavy atom. The first-order valence-corrected chi connectivity index (χ1v) is 3.25. The molecule has 0 amide bonds. The molecule has 1 fully saturated rings. The Hall–Kier alpha value is -1.01. The summed E-state index contributed by atoms with van der Waals surface area (Å²) < 4.78 is 5.10. The van der Waals surface area contributed by atoms with Crippen molar-refractivity contribution in [2.75, 3.05) is 6.61 Å². The number of aliphatic hydroxyl groups is 1. The van der Waals surface area contributed by atoms with E-state index in [9.17, 15) is 0 Å². The minimum Gasteiger partial charge on any atom is -0.509 e. The quantitative estimate of drug-likeness (QED) is 0.437. The monoisotopic (exact) mass is 139 g/mol. The Labute approximate surface area is 59.5 Å².